The summed E-state index contributed by atoms with van der Waals surface area (Å²) in [5, 5.41) is 16.4. The summed E-state index contributed by atoms with van der Waals surface area (Å²) in [6.45, 7) is 4.63. The van der Waals surface area contributed by atoms with E-state index in [1.807, 2.05) is 43.3 Å². The molecule has 0 aliphatic heterocycles. The Balaban J connectivity index is 1.44. The molecule has 4 rings (SSSR count). The second kappa shape index (κ2) is 8.40. The Bertz CT molecular complexity index is 1130. The maximum Gasteiger partial charge on any atom is 0.255 e. The third-order valence-electron chi connectivity index (χ3n) is 4.40. The predicted molar refractivity (Wildman–Crippen MR) is 114 cm³/mol. The fourth-order valence-corrected chi connectivity index (χ4v) is 3.68. The maximum absolute atomic E-state index is 12.6. The minimum Gasteiger partial charge on any atom is -0.494 e. The van der Waals surface area contributed by atoms with Gasteiger partial charge in [-0.05, 0) is 55.8 Å². The van der Waals surface area contributed by atoms with Crippen molar-refractivity contribution in [3.8, 4) is 16.3 Å². The largest absolute Gasteiger partial charge is 0.494 e. The average Bonchev–Trinajstić information content (AvgIpc) is 3.31. The van der Waals surface area contributed by atoms with Gasteiger partial charge in [-0.15, -0.1) is 10.2 Å². The summed E-state index contributed by atoms with van der Waals surface area (Å²) in [5.41, 5.74) is 2.24. The molecule has 0 unspecified atom stereocenters. The summed E-state index contributed by atoms with van der Waals surface area (Å²) in [6.07, 6.45) is 2.06. The van der Waals surface area contributed by atoms with Gasteiger partial charge in [0, 0.05) is 16.8 Å². The molecule has 0 radical (unpaired) electrons. The second-order valence-electron chi connectivity index (χ2n) is 6.61. The van der Waals surface area contributed by atoms with Crippen molar-refractivity contribution < 1.29 is 9.53 Å². The Hall–Kier alpha value is -3.26. The van der Waals surface area contributed by atoms with Crippen LogP contribution in [0.2, 0.25) is 0 Å². The standard InChI is InChI=1S/C21H21N5O2S/c1-3-4-12-28-18-7-5-6-16(13-18)19(27)22-17-10-8-15(9-11-17)20-25-26-14(2)23-24-21(26)29-20/h5-11,13H,3-4,12H2,1-2H3,(H,22,27). The summed E-state index contributed by atoms with van der Waals surface area (Å²) in [5.74, 6) is 1.29. The van der Waals surface area contributed by atoms with Gasteiger partial charge in [0.05, 0.1) is 6.61 Å². The van der Waals surface area contributed by atoms with Crippen LogP contribution in [0.15, 0.2) is 48.5 Å². The van der Waals surface area contributed by atoms with Crippen LogP contribution < -0.4 is 10.1 Å². The molecule has 2 heterocycles. The van der Waals surface area contributed by atoms with Crippen LogP contribution in [0.4, 0.5) is 5.69 Å². The van der Waals surface area contributed by atoms with E-state index in [0.717, 1.165) is 39.9 Å². The average molecular weight is 407 g/mol. The zero-order valence-corrected chi connectivity index (χ0v) is 17.1. The molecular formula is C21H21N5O2S. The summed E-state index contributed by atoms with van der Waals surface area (Å²) in [6, 6.07) is 14.8. The molecule has 2 aromatic carbocycles. The fraction of sp³-hybridized carbons (Fsp3) is 0.238. The van der Waals surface area contributed by atoms with Crippen LogP contribution >= 0.6 is 11.3 Å². The van der Waals surface area contributed by atoms with Gasteiger partial charge in [0.2, 0.25) is 4.96 Å². The first-order valence-corrected chi connectivity index (χ1v) is 10.3. The molecule has 148 valence electrons. The van der Waals surface area contributed by atoms with Crippen LogP contribution in [0.5, 0.6) is 5.75 Å². The molecule has 7 nitrogen and oxygen atoms in total. The summed E-state index contributed by atoms with van der Waals surface area (Å²) in [7, 11) is 0. The maximum atomic E-state index is 12.6. The van der Waals surface area contributed by atoms with E-state index in [0.29, 0.717) is 17.9 Å². The third-order valence-corrected chi connectivity index (χ3v) is 5.35. The first-order valence-electron chi connectivity index (χ1n) is 9.47. The number of amides is 1. The molecular weight excluding hydrogens is 386 g/mol. The van der Waals surface area contributed by atoms with E-state index < -0.39 is 0 Å². The molecule has 0 aliphatic rings. The van der Waals surface area contributed by atoms with E-state index in [1.54, 1.807) is 16.6 Å². The number of carbonyl (C=O) groups excluding carboxylic acids is 1. The Morgan fingerprint density at radius 2 is 2.00 bits per heavy atom. The van der Waals surface area contributed by atoms with Gasteiger partial charge in [0.25, 0.3) is 5.91 Å². The van der Waals surface area contributed by atoms with Gasteiger partial charge in [-0.1, -0.05) is 30.7 Å². The lowest BCUT2D eigenvalue weighted by atomic mass is 10.1. The number of ether oxygens (including phenoxy) is 1. The van der Waals surface area contributed by atoms with E-state index >= 15 is 0 Å². The van der Waals surface area contributed by atoms with E-state index in [1.165, 1.54) is 11.3 Å². The molecule has 1 amide bonds. The van der Waals surface area contributed by atoms with Crippen LogP contribution in [0.3, 0.4) is 0 Å². The highest BCUT2D eigenvalue weighted by Gasteiger charge is 2.11. The number of hydrogen-bond donors (Lipinski definition) is 1. The molecule has 2 aromatic heterocycles. The zero-order valence-electron chi connectivity index (χ0n) is 16.3. The van der Waals surface area contributed by atoms with Crippen molar-refractivity contribution in [1.82, 2.24) is 19.8 Å². The quantitative estimate of drug-likeness (QED) is 0.453. The number of aryl methyl sites for hydroxylation is 1. The normalized spacial score (nSPS) is 11.0. The number of fused-ring (bicyclic) bond motifs is 1. The van der Waals surface area contributed by atoms with Crippen molar-refractivity contribution in [3.05, 3.63) is 59.9 Å². The minimum absolute atomic E-state index is 0.173. The van der Waals surface area contributed by atoms with Gasteiger partial charge in [-0.3, -0.25) is 4.79 Å². The summed E-state index contributed by atoms with van der Waals surface area (Å²) >= 11 is 1.47. The van der Waals surface area contributed by atoms with Crippen molar-refractivity contribution in [2.24, 2.45) is 0 Å². The molecule has 0 atom stereocenters. The van der Waals surface area contributed by atoms with Crippen LogP contribution in [-0.2, 0) is 0 Å². The van der Waals surface area contributed by atoms with Crippen LogP contribution in [-0.4, -0.2) is 32.3 Å². The van der Waals surface area contributed by atoms with Crippen molar-refractivity contribution >= 4 is 27.9 Å². The second-order valence-corrected chi connectivity index (χ2v) is 7.57. The molecule has 0 saturated carbocycles. The highest BCUT2D eigenvalue weighted by molar-refractivity contribution is 7.19. The van der Waals surface area contributed by atoms with Gasteiger partial charge < -0.3 is 10.1 Å². The van der Waals surface area contributed by atoms with Crippen LogP contribution in [0, 0.1) is 6.92 Å². The van der Waals surface area contributed by atoms with Crippen molar-refractivity contribution in [3.63, 3.8) is 0 Å². The van der Waals surface area contributed by atoms with Crippen LogP contribution in [0.25, 0.3) is 15.5 Å². The fourth-order valence-electron chi connectivity index (χ4n) is 2.79. The van der Waals surface area contributed by atoms with Crippen molar-refractivity contribution in [1.29, 1.82) is 0 Å². The molecule has 29 heavy (non-hydrogen) atoms. The van der Waals surface area contributed by atoms with Crippen molar-refractivity contribution in [2.45, 2.75) is 26.7 Å². The highest BCUT2D eigenvalue weighted by atomic mass is 32.1. The van der Waals surface area contributed by atoms with E-state index in [4.69, 9.17) is 4.74 Å². The highest BCUT2D eigenvalue weighted by Crippen LogP contribution is 2.26. The lowest BCUT2D eigenvalue weighted by molar-refractivity contribution is 0.102. The minimum atomic E-state index is -0.173. The number of rotatable bonds is 7. The van der Waals surface area contributed by atoms with E-state index in [-0.39, 0.29) is 5.91 Å². The lowest BCUT2D eigenvalue weighted by Crippen LogP contribution is -2.12. The Morgan fingerprint density at radius 3 is 2.76 bits per heavy atom. The molecule has 8 heteroatoms. The number of benzene rings is 2. The summed E-state index contributed by atoms with van der Waals surface area (Å²) < 4.78 is 7.41. The van der Waals surface area contributed by atoms with Gasteiger partial charge in [0.15, 0.2) is 5.82 Å². The number of unbranched alkanes of at least 4 members (excludes halogenated alkanes) is 1. The lowest BCUT2D eigenvalue weighted by Gasteiger charge is -2.09. The van der Waals surface area contributed by atoms with Crippen LogP contribution in [0.1, 0.15) is 35.9 Å². The number of hydrogen-bond acceptors (Lipinski definition) is 6. The summed E-state index contributed by atoms with van der Waals surface area (Å²) in [4.78, 5) is 13.3. The number of aromatic nitrogens is 4. The first-order chi connectivity index (χ1) is 14.1. The zero-order chi connectivity index (χ0) is 20.2. The molecule has 0 aliphatic carbocycles. The van der Waals surface area contributed by atoms with E-state index in [9.17, 15) is 4.79 Å². The molecule has 0 fully saturated rings. The van der Waals surface area contributed by atoms with Gasteiger partial charge in [-0.25, -0.2) is 0 Å². The molecule has 0 saturated heterocycles. The molecule has 4 aromatic rings. The third kappa shape index (κ3) is 4.27. The number of carbonyl (C=O) groups is 1. The number of nitrogens with one attached hydrogen (secondary N) is 1. The smallest absolute Gasteiger partial charge is 0.255 e. The van der Waals surface area contributed by atoms with Gasteiger partial charge in [0.1, 0.15) is 10.8 Å². The monoisotopic (exact) mass is 407 g/mol. The topological polar surface area (TPSA) is 81.4 Å². The Kier molecular flexibility index (Phi) is 5.53. The number of nitrogens with zero attached hydrogens (tertiary/aromatic N) is 4. The van der Waals surface area contributed by atoms with Crippen molar-refractivity contribution in [2.75, 3.05) is 11.9 Å². The molecule has 0 spiro atoms. The number of anilines is 1. The Labute approximate surface area is 172 Å². The molecule has 1 N–H and O–H groups in total. The van der Waals surface area contributed by atoms with E-state index in [2.05, 4.69) is 27.5 Å². The Morgan fingerprint density at radius 1 is 1.17 bits per heavy atom. The SMILES string of the molecule is CCCCOc1cccc(C(=O)Nc2ccc(-c3nn4c(C)nnc4s3)cc2)c1. The van der Waals surface area contributed by atoms with Gasteiger partial charge in [-0.2, -0.15) is 9.61 Å². The molecule has 0 bridgehead atoms. The first kappa shape index (κ1) is 19.1. The predicted octanol–water partition coefficient (Wildman–Crippen LogP) is 4.59. The van der Waals surface area contributed by atoms with Gasteiger partial charge >= 0.3 is 0 Å².